The topological polar surface area (TPSA) is 49.3 Å². The Morgan fingerprint density at radius 1 is 0.909 bits per heavy atom. The molecule has 2 fully saturated rings. The fraction of sp³-hybridized carbons (Fsp3) is 0.500. The normalized spacial score (nSPS) is 21.7. The van der Waals surface area contributed by atoms with Gasteiger partial charge in [0.1, 0.15) is 0 Å². The van der Waals surface area contributed by atoms with Gasteiger partial charge in [-0.15, -0.1) is 0 Å². The molecule has 0 radical (unpaired) electrons. The average Bonchev–Trinajstić information content (AvgIpc) is 3.66. The third kappa shape index (κ3) is 4.50. The van der Waals surface area contributed by atoms with Gasteiger partial charge in [0, 0.05) is 17.0 Å². The lowest BCUT2D eigenvalue weighted by Gasteiger charge is -2.36. The van der Waals surface area contributed by atoms with Crippen molar-refractivity contribution in [3.05, 3.63) is 47.0 Å². The molecule has 0 amide bonds. The van der Waals surface area contributed by atoms with Gasteiger partial charge < -0.3 is 18.9 Å². The highest BCUT2D eigenvalue weighted by molar-refractivity contribution is 6.15. The van der Waals surface area contributed by atoms with Gasteiger partial charge in [0.2, 0.25) is 0 Å². The summed E-state index contributed by atoms with van der Waals surface area (Å²) in [5, 5.41) is 0. The summed E-state index contributed by atoms with van der Waals surface area (Å²) in [4.78, 5) is 5.16. The lowest BCUT2D eigenvalue weighted by Crippen LogP contribution is -2.29. The Labute approximate surface area is 192 Å². The van der Waals surface area contributed by atoms with Crippen LogP contribution in [-0.4, -0.2) is 39.2 Å². The SMILES string of the molecule is COc1cc2c(cc1OC)[C@H]1CCCC[C@H]1N=C2c1ccc(OC(F)F)c(OCC2CC2)c1. The fourth-order valence-electron chi connectivity index (χ4n) is 4.95. The molecule has 0 saturated heterocycles. The molecular weight excluding hydrogens is 428 g/mol. The second kappa shape index (κ2) is 9.20. The smallest absolute Gasteiger partial charge is 0.387 e. The zero-order valence-corrected chi connectivity index (χ0v) is 19.0. The number of benzene rings is 2. The number of ether oxygens (including phenoxy) is 4. The maximum atomic E-state index is 13.0. The van der Waals surface area contributed by atoms with Crippen LogP contribution in [0.5, 0.6) is 23.0 Å². The first kappa shape index (κ1) is 22.0. The Kier molecular flexibility index (Phi) is 6.13. The third-order valence-electron chi connectivity index (χ3n) is 6.84. The fourth-order valence-corrected chi connectivity index (χ4v) is 4.95. The number of aliphatic imine (C=N–C) groups is 1. The van der Waals surface area contributed by atoms with Crippen LogP contribution in [0.4, 0.5) is 8.78 Å². The number of halogens is 2. The zero-order chi connectivity index (χ0) is 22.9. The quantitative estimate of drug-likeness (QED) is 0.490. The summed E-state index contributed by atoms with van der Waals surface area (Å²) >= 11 is 0. The summed E-state index contributed by atoms with van der Waals surface area (Å²) < 4.78 is 47.7. The molecule has 0 aromatic heterocycles. The molecule has 7 heteroatoms. The zero-order valence-electron chi connectivity index (χ0n) is 19.0. The molecule has 2 aromatic carbocycles. The minimum Gasteiger partial charge on any atom is -0.493 e. The minimum atomic E-state index is -2.91. The van der Waals surface area contributed by atoms with Crippen molar-refractivity contribution in [3.63, 3.8) is 0 Å². The van der Waals surface area contributed by atoms with Gasteiger partial charge in [-0.05, 0) is 67.5 Å². The molecule has 0 spiro atoms. The van der Waals surface area contributed by atoms with Crippen molar-refractivity contribution >= 4 is 5.71 Å². The van der Waals surface area contributed by atoms with Crippen molar-refractivity contribution < 1.29 is 27.7 Å². The number of alkyl halides is 2. The number of fused-ring (bicyclic) bond motifs is 3. The number of nitrogens with zero attached hydrogens (tertiary/aromatic N) is 1. The highest BCUT2D eigenvalue weighted by Crippen LogP contribution is 2.45. The summed E-state index contributed by atoms with van der Waals surface area (Å²) in [5.74, 6) is 2.55. The summed E-state index contributed by atoms with van der Waals surface area (Å²) in [7, 11) is 3.26. The standard InChI is InChI=1S/C26H29F2NO4/c1-30-22-12-18-17-5-3-4-6-20(17)29-25(19(18)13-23(22)31-2)16-9-10-21(33-26(27)28)24(11-16)32-14-15-7-8-15/h9-13,15,17,20,26H,3-8,14H2,1-2H3/t17-,20-/m1/s1. The summed E-state index contributed by atoms with van der Waals surface area (Å²) in [6, 6.07) is 9.36. The molecule has 5 nitrogen and oxygen atoms in total. The molecule has 176 valence electrons. The van der Waals surface area contributed by atoms with E-state index in [2.05, 4.69) is 6.07 Å². The molecule has 33 heavy (non-hydrogen) atoms. The maximum Gasteiger partial charge on any atom is 0.387 e. The molecule has 0 unspecified atom stereocenters. The molecule has 2 aromatic rings. The molecule has 1 aliphatic heterocycles. The van der Waals surface area contributed by atoms with Gasteiger partial charge in [0.25, 0.3) is 0 Å². The monoisotopic (exact) mass is 457 g/mol. The van der Waals surface area contributed by atoms with Gasteiger partial charge >= 0.3 is 6.61 Å². The van der Waals surface area contributed by atoms with E-state index in [1.54, 1.807) is 32.4 Å². The Morgan fingerprint density at radius 2 is 1.67 bits per heavy atom. The Bertz CT molecular complexity index is 1050. The number of hydrogen-bond acceptors (Lipinski definition) is 5. The van der Waals surface area contributed by atoms with E-state index >= 15 is 0 Å². The highest BCUT2D eigenvalue weighted by Gasteiger charge is 2.35. The van der Waals surface area contributed by atoms with Crippen LogP contribution in [-0.2, 0) is 0 Å². The second-order valence-electron chi connectivity index (χ2n) is 9.02. The van der Waals surface area contributed by atoms with Crippen LogP contribution in [0.15, 0.2) is 35.3 Å². The Balaban J connectivity index is 1.58. The molecule has 0 N–H and O–H groups in total. The Hall–Kier alpha value is -2.83. The van der Waals surface area contributed by atoms with Crippen LogP contribution in [0.3, 0.4) is 0 Å². The van der Waals surface area contributed by atoms with Gasteiger partial charge in [0.05, 0.1) is 32.6 Å². The van der Waals surface area contributed by atoms with Crippen LogP contribution >= 0.6 is 0 Å². The number of hydrogen-bond donors (Lipinski definition) is 0. The van der Waals surface area contributed by atoms with Crippen LogP contribution < -0.4 is 18.9 Å². The van der Waals surface area contributed by atoms with Gasteiger partial charge in [-0.3, -0.25) is 4.99 Å². The van der Waals surface area contributed by atoms with Crippen molar-refractivity contribution in [2.45, 2.75) is 57.1 Å². The van der Waals surface area contributed by atoms with E-state index in [0.717, 1.165) is 48.9 Å². The summed E-state index contributed by atoms with van der Waals surface area (Å²) in [6.45, 7) is -2.41. The van der Waals surface area contributed by atoms with Crippen molar-refractivity contribution in [1.82, 2.24) is 0 Å². The Morgan fingerprint density at radius 3 is 2.39 bits per heavy atom. The van der Waals surface area contributed by atoms with E-state index in [1.165, 1.54) is 12.0 Å². The van der Waals surface area contributed by atoms with Gasteiger partial charge in [-0.2, -0.15) is 8.78 Å². The molecule has 3 aliphatic rings. The van der Waals surface area contributed by atoms with Gasteiger partial charge in [-0.25, -0.2) is 0 Å². The third-order valence-corrected chi connectivity index (χ3v) is 6.84. The molecule has 5 rings (SSSR count). The predicted octanol–water partition coefficient (Wildman–Crippen LogP) is 5.97. The first-order valence-electron chi connectivity index (χ1n) is 11.6. The van der Waals surface area contributed by atoms with Crippen LogP contribution in [0, 0.1) is 5.92 Å². The highest BCUT2D eigenvalue weighted by atomic mass is 19.3. The first-order valence-corrected chi connectivity index (χ1v) is 11.6. The van der Waals surface area contributed by atoms with Crippen LogP contribution in [0.2, 0.25) is 0 Å². The largest absolute Gasteiger partial charge is 0.493 e. The average molecular weight is 458 g/mol. The van der Waals surface area contributed by atoms with E-state index < -0.39 is 6.61 Å². The molecule has 1 heterocycles. The van der Waals surface area contributed by atoms with E-state index in [1.807, 2.05) is 6.07 Å². The molecule has 0 bridgehead atoms. The van der Waals surface area contributed by atoms with Gasteiger partial charge in [-0.1, -0.05) is 12.8 Å². The molecule has 2 saturated carbocycles. The molecule has 2 aliphatic carbocycles. The first-order chi connectivity index (χ1) is 16.1. The van der Waals surface area contributed by atoms with E-state index in [-0.39, 0.29) is 11.8 Å². The van der Waals surface area contributed by atoms with Crippen LogP contribution in [0.25, 0.3) is 0 Å². The van der Waals surface area contributed by atoms with Crippen molar-refractivity contribution in [2.75, 3.05) is 20.8 Å². The van der Waals surface area contributed by atoms with Crippen molar-refractivity contribution in [3.8, 4) is 23.0 Å². The number of rotatable bonds is 8. The van der Waals surface area contributed by atoms with E-state index in [9.17, 15) is 8.78 Å². The van der Waals surface area contributed by atoms with Crippen molar-refractivity contribution in [1.29, 1.82) is 0 Å². The van der Waals surface area contributed by atoms with E-state index in [0.29, 0.717) is 35.7 Å². The van der Waals surface area contributed by atoms with Crippen molar-refractivity contribution in [2.24, 2.45) is 10.9 Å². The molecular formula is C26H29F2NO4. The second-order valence-corrected chi connectivity index (χ2v) is 9.02. The number of methoxy groups -OCH3 is 2. The molecule has 2 atom stereocenters. The summed E-state index contributed by atoms with van der Waals surface area (Å²) in [5.41, 5.74) is 3.84. The maximum absolute atomic E-state index is 13.0. The predicted molar refractivity (Wildman–Crippen MR) is 121 cm³/mol. The lowest BCUT2D eigenvalue weighted by atomic mass is 9.75. The lowest BCUT2D eigenvalue weighted by molar-refractivity contribution is -0.0515. The minimum absolute atomic E-state index is 0.0499. The van der Waals surface area contributed by atoms with E-state index in [4.69, 9.17) is 23.9 Å². The summed E-state index contributed by atoms with van der Waals surface area (Å²) in [6.07, 6.45) is 6.65. The van der Waals surface area contributed by atoms with Gasteiger partial charge in [0.15, 0.2) is 23.0 Å². The van der Waals surface area contributed by atoms with Crippen LogP contribution in [0.1, 0.15) is 61.1 Å².